The molecule has 1 aromatic rings. The van der Waals surface area contributed by atoms with Gasteiger partial charge in [-0.1, -0.05) is 18.2 Å². The number of alkyl halides is 3. The van der Waals surface area contributed by atoms with Gasteiger partial charge in [-0.25, -0.2) is 0 Å². The minimum atomic E-state index is -4.31. The summed E-state index contributed by atoms with van der Waals surface area (Å²) < 4.78 is 37.2. The Hall–Kier alpha value is -1.23. The Balaban J connectivity index is 2.15. The number of carbonyl (C=O) groups is 1. The van der Waals surface area contributed by atoms with Gasteiger partial charge in [0.15, 0.2) is 0 Å². The van der Waals surface area contributed by atoms with Crippen molar-refractivity contribution in [3.8, 4) is 0 Å². The molecular formula is C13H11F3OS. The number of thioether (sulfide) groups is 1. The van der Waals surface area contributed by atoms with Crippen molar-refractivity contribution in [3.05, 3.63) is 41.5 Å². The topological polar surface area (TPSA) is 17.1 Å². The van der Waals surface area contributed by atoms with Crippen LogP contribution in [0.4, 0.5) is 13.2 Å². The van der Waals surface area contributed by atoms with Crippen molar-refractivity contribution < 1.29 is 18.0 Å². The van der Waals surface area contributed by atoms with Crippen LogP contribution in [-0.4, -0.2) is 11.0 Å². The summed E-state index contributed by atoms with van der Waals surface area (Å²) >= 11 is 1.42. The highest BCUT2D eigenvalue weighted by atomic mass is 32.2. The van der Waals surface area contributed by atoms with Crippen molar-refractivity contribution in [2.75, 3.05) is 0 Å². The largest absolute Gasteiger partial charge is 0.416 e. The standard InChI is InChI=1S/C13H11F3OS/c1-8(17)11-6-7-12(18-11)9-2-4-10(5-3-9)13(14,15)16/h2-5,7,11H,6H2,1H3. The molecule has 0 aliphatic carbocycles. The molecule has 0 saturated carbocycles. The van der Waals surface area contributed by atoms with Crippen LogP contribution in [0, 0.1) is 0 Å². The molecule has 1 aliphatic heterocycles. The number of halogens is 3. The number of allylic oxidation sites excluding steroid dienone is 1. The molecule has 0 spiro atoms. The first-order valence-electron chi connectivity index (χ1n) is 5.43. The van der Waals surface area contributed by atoms with Crippen LogP contribution < -0.4 is 0 Å². The lowest BCUT2D eigenvalue weighted by Crippen LogP contribution is -2.08. The monoisotopic (exact) mass is 272 g/mol. The van der Waals surface area contributed by atoms with E-state index in [1.807, 2.05) is 6.08 Å². The fourth-order valence-electron chi connectivity index (χ4n) is 1.72. The van der Waals surface area contributed by atoms with Crippen LogP contribution in [0.5, 0.6) is 0 Å². The molecule has 18 heavy (non-hydrogen) atoms. The maximum absolute atomic E-state index is 12.4. The maximum atomic E-state index is 12.4. The zero-order valence-corrected chi connectivity index (χ0v) is 10.4. The van der Waals surface area contributed by atoms with Gasteiger partial charge >= 0.3 is 6.18 Å². The van der Waals surface area contributed by atoms with E-state index in [0.29, 0.717) is 6.42 Å². The van der Waals surface area contributed by atoms with E-state index in [-0.39, 0.29) is 11.0 Å². The minimum Gasteiger partial charge on any atom is -0.299 e. The summed E-state index contributed by atoms with van der Waals surface area (Å²) in [7, 11) is 0. The molecule has 2 rings (SSSR count). The molecule has 1 unspecified atom stereocenters. The molecule has 0 amide bonds. The Morgan fingerprint density at radius 2 is 1.89 bits per heavy atom. The highest BCUT2D eigenvalue weighted by Gasteiger charge is 2.30. The normalized spacial score (nSPS) is 19.8. The Kier molecular flexibility index (Phi) is 3.52. The number of rotatable bonds is 2. The second-order valence-electron chi connectivity index (χ2n) is 4.10. The minimum absolute atomic E-state index is 0.0951. The Morgan fingerprint density at radius 1 is 1.28 bits per heavy atom. The molecule has 1 nitrogen and oxygen atoms in total. The van der Waals surface area contributed by atoms with E-state index in [9.17, 15) is 18.0 Å². The van der Waals surface area contributed by atoms with Gasteiger partial charge in [-0.15, -0.1) is 11.8 Å². The zero-order chi connectivity index (χ0) is 13.3. The number of hydrogen-bond acceptors (Lipinski definition) is 2. The van der Waals surface area contributed by atoms with Crippen molar-refractivity contribution in [1.29, 1.82) is 0 Å². The molecule has 0 saturated heterocycles. The fraction of sp³-hybridized carbons (Fsp3) is 0.308. The van der Waals surface area contributed by atoms with Crippen molar-refractivity contribution in [1.82, 2.24) is 0 Å². The predicted octanol–water partition coefficient (Wildman–Crippen LogP) is 4.14. The van der Waals surface area contributed by atoms with Crippen LogP contribution in [0.15, 0.2) is 30.3 Å². The van der Waals surface area contributed by atoms with E-state index < -0.39 is 11.7 Å². The van der Waals surface area contributed by atoms with Crippen LogP contribution >= 0.6 is 11.8 Å². The summed E-state index contributed by atoms with van der Waals surface area (Å²) in [5.74, 6) is 0.0955. The van der Waals surface area contributed by atoms with Gasteiger partial charge in [0.25, 0.3) is 0 Å². The predicted molar refractivity (Wildman–Crippen MR) is 66.1 cm³/mol. The highest BCUT2D eigenvalue weighted by Crippen LogP contribution is 2.40. The van der Waals surface area contributed by atoms with Gasteiger partial charge < -0.3 is 0 Å². The average molecular weight is 272 g/mol. The number of carbonyl (C=O) groups excluding carboxylic acids is 1. The smallest absolute Gasteiger partial charge is 0.299 e. The zero-order valence-electron chi connectivity index (χ0n) is 9.62. The van der Waals surface area contributed by atoms with Gasteiger partial charge in [-0.2, -0.15) is 13.2 Å². The lowest BCUT2D eigenvalue weighted by atomic mass is 10.1. The summed E-state index contributed by atoms with van der Waals surface area (Å²) in [5.41, 5.74) is 0.0784. The fourth-order valence-corrected chi connectivity index (χ4v) is 2.85. The molecule has 0 aromatic heterocycles. The highest BCUT2D eigenvalue weighted by molar-refractivity contribution is 8.09. The average Bonchev–Trinajstić information content (AvgIpc) is 2.77. The molecule has 0 fully saturated rings. The molecule has 1 atom stereocenters. The van der Waals surface area contributed by atoms with Crippen LogP contribution in [0.2, 0.25) is 0 Å². The molecule has 0 radical (unpaired) electrons. The second-order valence-corrected chi connectivity index (χ2v) is 5.34. The lowest BCUT2D eigenvalue weighted by molar-refractivity contribution is -0.137. The first kappa shape index (κ1) is 13.2. The van der Waals surface area contributed by atoms with Crippen molar-refractivity contribution in [2.45, 2.75) is 24.8 Å². The first-order chi connectivity index (χ1) is 8.38. The van der Waals surface area contributed by atoms with E-state index in [1.54, 1.807) is 0 Å². The van der Waals surface area contributed by atoms with E-state index in [0.717, 1.165) is 22.6 Å². The molecular weight excluding hydrogens is 261 g/mol. The quantitative estimate of drug-likeness (QED) is 0.804. The third kappa shape index (κ3) is 2.77. The third-order valence-corrected chi connectivity index (χ3v) is 4.20. The molecule has 1 aromatic carbocycles. The van der Waals surface area contributed by atoms with Crippen molar-refractivity contribution >= 4 is 22.5 Å². The van der Waals surface area contributed by atoms with Gasteiger partial charge in [0.2, 0.25) is 0 Å². The lowest BCUT2D eigenvalue weighted by Gasteiger charge is -2.09. The van der Waals surface area contributed by atoms with Gasteiger partial charge in [-0.3, -0.25) is 4.79 Å². The molecule has 0 bridgehead atoms. The number of benzene rings is 1. The number of Topliss-reactive ketones (excluding diaryl/α,β-unsaturated/α-hetero) is 1. The number of ketones is 1. The Morgan fingerprint density at radius 3 is 2.33 bits per heavy atom. The maximum Gasteiger partial charge on any atom is 0.416 e. The van der Waals surface area contributed by atoms with E-state index >= 15 is 0 Å². The summed E-state index contributed by atoms with van der Waals surface area (Å²) in [6.07, 6.45) is -1.76. The van der Waals surface area contributed by atoms with Crippen LogP contribution in [-0.2, 0) is 11.0 Å². The van der Waals surface area contributed by atoms with Crippen molar-refractivity contribution in [3.63, 3.8) is 0 Å². The summed E-state index contributed by atoms with van der Waals surface area (Å²) in [6.45, 7) is 1.53. The first-order valence-corrected chi connectivity index (χ1v) is 6.31. The summed E-state index contributed by atoms with van der Waals surface area (Å²) in [5, 5.41) is -0.0951. The van der Waals surface area contributed by atoms with Gasteiger partial charge in [0.05, 0.1) is 10.8 Å². The van der Waals surface area contributed by atoms with Crippen LogP contribution in [0.25, 0.3) is 4.91 Å². The van der Waals surface area contributed by atoms with Crippen molar-refractivity contribution in [2.24, 2.45) is 0 Å². The molecule has 96 valence electrons. The van der Waals surface area contributed by atoms with Crippen LogP contribution in [0.1, 0.15) is 24.5 Å². The third-order valence-electron chi connectivity index (χ3n) is 2.74. The number of hydrogen-bond donors (Lipinski definition) is 0. The molecule has 0 N–H and O–H groups in total. The van der Waals surface area contributed by atoms with Crippen LogP contribution in [0.3, 0.4) is 0 Å². The van der Waals surface area contributed by atoms with E-state index in [2.05, 4.69) is 0 Å². The summed E-state index contributed by atoms with van der Waals surface area (Å²) in [6, 6.07) is 5.03. The molecule has 1 aliphatic rings. The van der Waals surface area contributed by atoms with E-state index in [4.69, 9.17) is 0 Å². The van der Waals surface area contributed by atoms with Gasteiger partial charge in [0.1, 0.15) is 5.78 Å². The van der Waals surface area contributed by atoms with E-state index in [1.165, 1.54) is 30.8 Å². The Labute approximate surface area is 107 Å². The van der Waals surface area contributed by atoms with Gasteiger partial charge in [-0.05, 0) is 31.0 Å². The SMILES string of the molecule is CC(=O)C1CC=C(c2ccc(C(F)(F)F)cc2)S1. The molecule has 5 heteroatoms. The Bertz CT molecular complexity index is 488. The molecule has 1 heterocycles. The second kappa shape index (κ2) is 4.80. The summed E-state index contributed by atoms with van der Waals surface area (Å²) in [4.78, 5) is 12.1. The van der Waals surface area contributed by atoms with Gasteiger partial charge in [0, 0.05) is 4.91 Å².